The van der Waals surface area contributed by atoms with Crippen molar-refractivity contribution in [2.45, 2.75) is 12.8 Å². The molecular formula is C16H17ClN4O2S. The van der Waals surface area contributed by atoms with Gasteiger partial charge < -0.3 is 9.80 Å². The molecule has 6 nitrogen and oxygen atoms in total. The molecule has 0 saturated carbocycles. The monoisotopic (exact) mass is 364 g/mol. The van der Waals surface area contributed by atoms with Crippen molar-refractivity contribution >= 4 is 40.4 Å². The molecule has 8 heteroatoms. The summed E-state index contributed by atoms with van der Waals surface area (Å²) in [7, 11) is 0. The van der Waals surface area contributed by atoms with Crippen LogP contribution in [0.1, 0.15) is 22.5 Å². The van der Waals surface area contributed by atoms with Gasteiger partial charge in [0.2, 0.25) is 5.91 Å². The lowest BCUT2D eigenvalue weighted by atomic mass is 10.1. The molecule has 0 unspecified atom stereocenters. The smallest absolute Gasteiger partial charge is 0.223 e. The summed E-state index contributed by atoms with van der Waals surface area (Å²) >= 11 is 7.08. The fourth-order valence-corrected chi connectivity index (χ4v) is 3.62. The van der Waals surface area contributed by atoms with Crippen molar-refractivity contribution in [3.8, 4) is 0 Å². The van der Waals surface area contributed by atoms with Crippen LogP contribution >= 0.6 is 22.9 Å². The van der Waals surface area contributed by atoms with Gasteiger partial charge in [-0.1, -0.05) is 11.6 Å². The second-order valence-corrected chi connectivity index (χ2v) is 7.17. The fourth-order valence-electron chi connectivity index (χ4n) is 2.61. The normalized spacial score (nSPS) is 14.7. The highest BCUT2D eigenvalue weighted by atomic mass is 35.5. The van der Waals surface area contributed by atoms with E-state index >= 15 is 0 Å². The topological polar surface area (TPSA) is 66.4 Å². The molecule has 3 heterocycles. The van der Waals surface area contributed by atoms with Crippen molar-refractivity contribution in [2.75, 3.05) is 31.1 Å². The van der Waals surface area contributed by atoms with Gasteiger partial charge in [0, 0.05) is 51.4 Å². The molecule has 1 aliphatic rings. The summed E-state index contributed by atoms with van der Waals surface area (Å²) in [5.74, 6) is 0.817. The summed E-state index contributed by atoms with van der Waals surface area (Å²) in [6.07, 6.45) is 5.48. The van der Waals surface area contributed by atoms with Gasteiger partial charge in [0.15, 0.2) is 5.78 Å². The molecule has 126 valence electrons. The number of aromatic nitrogens is 2. The maximum Gasteiger partial charge on any atom is 0.223 e. The minimum Gasteiger partial charge on any atom is -0.352 e. The molecule has 24 heavy (non-hydrogen) atoms. The number of carbonyl (C=O) groups excluding carboxylic acids is 2. The first-order valence-electron chi connectivity index (χ1n) is 7.71. The van der Waals surface area contributed by atoms with Gasteiger partial charge in [-0.2, -0.15) is 0 Å². The molecule has 0 atom stereocenters. The summed E-state index contributed by atoms with van der Waals surface area (Å²) in [6.45, 7) is 2.71. The van der Waals surface area contributed by atoms with Gasteiger partial charge in [-0.05, 0) is 12.1 Å². The number of hydrogen-bond donors (Lipinski definition) is 0. The molecule has 2 aromatic rings. The standard InChI is InChI=1S/C16H17ClN4O2S/c17-14-3-2-13(24-14)12(22)1-4-16(23)21-9-7-20(8-10-21)15-11-18-5-6-19-15/h2-3,5-6,11H,1,4,7-10H2. The van der Waals surface area contributed by atoms with Crippen LogP contribution in [-0.2, 0) is 4.79 Å². The number of anilines is 1. The highest BCUT2D eigenvalue weighted by Gasteiger charge is 2.22. The van der Waals surface area contributed by atoms with Crippen LogP contribution in [0.15, 0.2) is 30.7 Å². The molecule has 0 spiro atoms. The number of carbonyl (C=O) groups is 2. The van der Waals surface area contributed by atoms with Gasteiger partial charge in [-0.3, -0.25) is 14.6 Å². The molecule has 0 aliphatic carbocycles. The Kier molecular flexibility index (Phi) is 5.42. The van der Waals surface area contributed by atoms with Gasteiger partial charge >= 0.3 is 0 Å². The molecular weight excluding hydrogens is 348 g/mol. The van der Waals surface area contributed by atoms with Crippen molar-refractivity contribution in [1.82, 2.24) is 14.9 Å². The lowest BCUT2D eigenvalue weighted by Gasteiger charge is -2.35. The molecule has 0 radical (unpaired) electrons. The van der Waals surface area contributed by atoms with Gasteiger partial charge in [0.1, 0.15) is 5.82 Å². The summed E-state index contributed by atoms with van der Waals surface area (Å²) in [5, 5.41) is 0. The molecule has 1 fully saturated rings. The van der Waals surface area contributed by atoms with Crippen LogP contribution in [0.3, 0.4) is 0 Å². The molecule has 1 amide bonds. The van der Waals surface area contributed by atoms with Gasteiger partial charge in [0.05, 0.1) is 15.4 Å². The molecule has 0 aromatic carbocycles. The predicted molar refractivity (Wildman–Crippen MR) is 93.7 cm³/mol. The number of amides is 1. The van der Waals surface area contributed by atoms with Crippen LogP contribution in [0.25, 0.3) is 0 Å². The Balaban J connectivity index is 1.46. The van der Waals surface area contributed by atoms with E-state index < -0.39 is 0 Å². The third kappa shape index (κ3) is 4.10. The minimum absolute atomic E-state index is 0.0183. The van der Waals surface area contributed by atoms with Crippen LogP contribution in [0.2, 0.25) is 4.34 Å². The molecule has 2 aromatic heterocycles. The van der Waals surface area contributed by atoms with E-state index in [9.17, 15) is 9.59 Å². The Bertz CT molecular complexity index is 714. The van der Waals surface area contributed by atoms with E-state index in [1.165, 1.54) is 11.3 Å². The highest BCUT2D eigenvalue weighted by molar-refractivity contribution is 7.18. The van der Waals surface area contributed by atoms with E-state index in [1.54, 1.807) is 30.7 Å². The van der Waals surface area contributed by atoms with Crippen molar-refractivity contribution in [1.29, 1.82) is 0 Å². The zero-order valence-corrected chi connectivity index (χ0v) is 14.6. The zero-order valence-electron chi connectivity index (χ0n) is 13.0. The largest absolute Gasteiger partial charge is 0.352 e. The second-order valence-electron chi connectivity index (χ2n) is 5.46. The summed E-state index contributed by atoms with van der Waals surface area (Å²) in [6, 6.07) is 3.41. The van der Waals surface area contributed by atoms with Gasteiger partial charge in [-0.25, -0.2) is 4.98 Å². The number of rotatable bonds is 5. The maximum atomic E-state index is 12.3. The van der Waals surface area contributed by atoms with Crippen molar-refractivity contribution < 1.29 is 9.59 Å². The second kappa shape index (κ2) is 7.72. The Morgan fingerprint density at radius 2 is 1.92 bits per heavy atom. The number of Topliss-reactive ketones (excluding diaryl/α,β-unsaturated/α-hetero) is 1. The van der Waals surface area contributed by atoms with Crippen LogP contribution in [0.4, 0.5) is 5.82 Å². The first-order valence-corrected chi connectivity index (χ1v) is 8.90. The van der Waals surface area contributed by atoms with Crippen LogP contribution in [0, 0.1) is 0 Å². The van der Waals surface area contributed by atoms with Crippen molar-refractivity contribution in [2.24, 2.45) is 0 Å². The van der Waals surface area contributed by atoms with Crippen LogP contribution in [0.5, 0.6) is 0 Å². The van der Waals surface area contributed by atoms with Crippen LogP contribution in [-0.4, -0.2) is 52.7 Å². The first-order chi connectivity index (χ1) is 11.6. The predicted octanol–water partition coefficient (Wildman–Crippen LogP) is 2.50. The third-order valence-electron chi connectivity index (χ3n) is 3.92. The van der Waals surface area contributed by atoms with E-state index in [4.69, 9.17) is 11.6 Å². The molecule has 0 bridgehead atoms. The van der Waals surface area contributed by atoms with E-state index in [0.717, 1.165) is 18.9 Å². The Hall–Kier alpha value is -1.99. The summed E-state index contributed by atoms with van der Waals surface area (Å²) < 4.78 is 0.588. The summed E-state index contributed by atoms with van der Waals surface area (Å²) in [5.41, 5.74) is 0. The maximum absolute atomic E-state index is 12.3. The van der Waals surface area contributed by atoms with Gasteiger partial charge in [-0.15, -0.1) is 11.3 Å². The van der Waals surface area contributed by atoms with E-state index in [1.807, 2.05) is 4.90 Å². The number of thiophene rings is 1. The number of piperazine rings is 1. The number of nitrogens with zero attached hydrogens (tertiary/aromatic N) is 4. The van der Waals surface area contributed by atoms with E-state index in [-0.39, 0.29) is 24.5 Å². The van der Waals surface area contributed by atoms with Crippen molar-refractivity contribution in [3.63, 3.8) is 0 Å². The fraction of sp³-hybridized carbons (Fsp3) is 0.375. The van der Waals surface area contributed by atoms with Gasteiger partial charge in [0.25, 0.3) is 0 Å². The van der Waals surface area contributed by atoms with E-state index in [2.05, 4.69) is 14.9 Å². The minimum atomic E-state index is -0.0292. The molecule has 0 N–H and O–H groups in total. The van der Waals surface area contributed by atoms with Crippen molar-refractivity contribution in [3.05, 3.63) is 39.9 Å². The Labute approximate surface area is 149 Å². The number of halogens is 1. The molecule has 1 aliphatic heterocycles. The Morgan fingerprint density at radius 1 is 1.12 bits per heavy atom. The third-order valence-corrected chi connectivity index (χ3v) is 5.19. The summed E-state index contributed by atoms with van der Waals surface area (Å²) in [4.78, 5) is 37.2. The highest BCUT2D eigenvalue weighted by Crippen LogP contribution is 2.23. The number of hydrogen-bond acceptors (Lipinski definition) is 6. The lowest BCUT2D eigenvalue weighted by molar-refractivity contribution is -0.131. The van der Waals surface area contributed by atoms with Crippen LogP contribution < -0.4 is 4.90 Å². The number of ketones is 1. The Morgan fingerprint density at radius 3 is 2.54 bits per heavy atom. The average Bonchev–Trinajstić information content (AvgIpc) is 3.07. The molecule has 3 rings (SSSR count). The average molecular weight is 365 g/mol. The zero-order chi connectivity index (χ0) is 16.9. The SMILES string of the molecule is O=C(CCC(=O)N1CCN(c2cnccn2)CC1)c1ccc(Cl)s1. The lowest BCUT2D eigenvalue weighted by Crippen LogP contribution is -2.49. The first kappa shape index (κ1) is 16.9. The van der Waals surface area contributed by atoms with E-state index in [0.29, 0.717) is 22.3 Å². The molecule has 1 saturated heterocycles. The quantitative estimate of drug-likeness (QED) is 0.762.